The Morgan fingerprint density at radius 2 is 2.04 bits per heavy atom. The Kier molecular flexibility index (Phi) is 5.51. The van der Waals surface area contributed by atoms with Gasteiger partial charge in [0.05, 0.1) is 6.04 Å². The number of ether oxygens (including phenoxy) is 1. The molecule has 0 radical (unpaired) electrons. The summed E-state index contributed by atoms with van der Waals surface area (Å²) in [5, 5.41) is 0. The van der Waals surface area contributed by atoms with E-state index in [1.54, 1.807) is 11.1 Å². The molecule has 1 unspecified atom stereocenters. The molecule has 1 aliphatic rings. The quantitative estimate of drug-likeness (QED) is 0.713. The molecule has 1 amide bonds. The normalized spacial score (nSPS) is 17.9. The number of hydrogen-bond donors (Lipinski definition) is 0. The summed E-state index contributed by atoms with van der Waals surface area (Å²) in [6, 6.07) is 12.3. The Balaban J connectivity index is 1.87. The molecule has 1 atom stereocenters. The smallest absolute Gasteiger partial charge is 0.410 e. The van der Waals surface area contributed by atoms with Gasteiger partial charge in [0.25, 0.3) is 0 Å². The van der Waals surface area contributed by atoms with Crippen LogP contribution in [0.4, 0.5) is 10.5 Å². The third-order valence-corrected chi connectivity index (χ3v) is 4.73. The van der Waals surface area contributed by atoms with Crippen molar-refractivity contribution in [2.75, 3.05) is 24.5 Å². The van der Waals surface area contributed by atoms with Crippen LogP contribution in [0.3, 0.4) is 0 Å². The Hall–Kier alpha value is -2.08. The number of halogens is 1. The molecule has 0 spiro atoms. The lowest BCUT2D eigenvalue weighted by Gasteiger charge is -2.43. The lowest BCUT2D eigenvalue weighted by molar-refractivity contribution is 0.0214. The molecule has 6 heteroatoms. The van der Waals surface area contributed by atoms with Gasteiger partial charge in [-0.25, -0.2) is 4.79 Å². The fourth-order valence-electron chi connectivity index (χ4n) is 3.10. The molecule has 0 aliphatic carbocycles. The zero-order chi connectivity index (χ0) is 18.7. The van der Waals surface area contributed by atoms with Crippen molar-refractivity contribution in [1.29, 1.82) is 0 Å². The van der Waals surface area contributed by atoms with E-state index < -0.39 is 5.60 Å². The number of carbonyl (C=O) groups excluding carboxylic acids is 1. The average molecular weight is 418 g/mol. The monoisotopic (exact) mass is 417 g/mol. The third-order valence-electron chi connectivity index (χ3n) is 4.24. The minimum absolute atomic E-state index is 0.0271. The van der Waals surface area contributed by atoms with Gasteiger partial charge in [-0.15, -0.1) is 0 Å². The molecule has 5 nitrogen and oxygen atoms in total. The predicted octanol–water partition coefficient (Wildman–Crippen LogP) is 4.64. The van der Waals surface area contributed by atoms with Gasteiger partial charge >= 0.3 is 6.09 Å². The first-order valence-corrected chi connectivity index (χ1v) is 9.53. The summed E-state index contributed by atoms with van der Waals surface area (Å²) in [6.07, 6.45) is 3.37. The number of piperazine rings is 1. The number of benzene rings is 1. The minimum atomic E-state index is -0.498. The van der Waals surface area contributed by atoms with Crippen LogP contribution in [0.1, 0.15) is 32.4 Å². The van der Waals surface area contributed by atoms with Crippen molar-refractivity contribution in [2.24, 2.45) is 0 Å². The molecule has 1 aliphatic heterocycles. The number of hydrogen-bond acceptors (Lipinski definition) is 4. The highest BCUT2D eigenvalue weighted by Crippen LogP contribution is 2.32. The standard InChI is InChI=1S/C20H24BrN3O2/c1-20(2,3)26-19(25)23-10-11-24(17-8-4-7-16(21)12-17)18(14-23)15-6-5-9-22-13-15/h4-9,12-13,18H,10-11,14H2,1-3H3. The first-order valence-electron chi connectivity index (χ1n) is 8.73. The van der Waals surface area contributed by atoms with Crippen LogP contribution in [-0.4, -0.2) is 41.2 Å². The lowest BCUT2D eigenvalue weighted by Crippen LogP contribution is -2.51. The van der Waals surface area contributed by atoms with E-state index in [1.165, 1.54) is 0 Å². The minimum Gasteiger partial charge on any atom is -0.444 e. The molecule has 0 bridgehead atoms. The number of pyridine rings is 1. The summed E-state index contributed by atoms with van der Waals surface area (Å²) in [6.45, 7) is 7.59. The highest BCUT2D eigenvalue weighted by molar-refractivity contribution is 9.10. The van der Waals surface area contributed by atoms with E-state index in [1.807, 2.05) is 45.2 Å². The molecule has 1 saturated heterocycles. The van der Waals surface area contributed by atoms with E-state index >= 15 is 0 Å². The summed E-state index contributed by atoms with van der Waals surface area (Å²) in [5.74, 6) is 0. The van der Waals surface area contributed by atoms with Gasteiger partial charge in [-0.1, -0.05) is 28.1 Å². The number of nitrogens with zero attached hydrogens (tertiary/aromatic N) is 3. The Labute approximate surface area is 163 Å². The van der Waals surface area contributed by atoms with E-state index in [2.05, 4.69) is 44.0 Å². The number of anilines is 1. The fourth-order valence-corrected chi connectivity index (χ4v) is 3.48. The maximum atomic E-state index is 12.5. The Bertz CT molecular complexity index is 761. The van der Waals surface area contributed by atoms with Crippen molar-refractivity contribution < 1.29 is 9.53 Å². The van der Waals surface area contributed by atoms with Crippen molar-refractivity contribution in [3.05, 3.63) is 58.8 Å². The zero-order valence-electron chi connectivity index (χ0n) is 15.4. The second-order valence-corrected chi connectivity index (χ2v) is 8.32. The molecule has 1 aromatic carbocycles. The predicted molar refractivity (Wildman–Crippen MR) is 106 cm³/mol. The van der Waals surface area contributed by atoms with Crippen LogP contribution in [0, 0.1) is 0 Å². The van der Waals surface area contributed by atoms with E-state index in [-0.39, 0.29) is 12.1 Å². The number of amides is 1. The van der Waals surface area contributed by atoms with E-state index in [0.29, 0.717) is 13.1 Å². The maximum absolute atomic E-state index is 12.5. The van der Waals surface area contributed by atoms with Gasteiger partial charge in [-0.2, -0.15) is 0 Å². The number of carbonyl (C=O) groups is 1. The van der Waals surface area contributed by atoms with Crippen LogP contribution >= 0.6 is 15.9 Å². The molecule has 138 valence electrons. The summed E-state index contributed by atoms with van der Waals surface area (Å²) in [5.41, 5.74) is 1.71. The Morgan fingerprint density at radius 3 is 2.69 bits per heavy atom. The van der Waals surface area contributed by atoms with Crippen LogP contribution in [0.25, 0.3) is 0 Å². The topological polar surface area (TPSA) is 45.7 Å². The van der Waals surface area contributed by atoms with Gasteiger partial charge in [-0.05, 0) is 50.6 Å². The van der Waals surface area contributed by atoms with Gasteiger partial charge in [0.2, 0.25) is 0 Å². The summed E-state index contributed by atoms with van der Waals surface area (Å²) >= 11 is 3.55. The fraction of sp³-hybridized carbons (Fsp3) is 0.400. The lowest BCUT2D eigenvalue weighted by atomic mass is 10.0. The van der Waals surface area contributed by atoms with E-state index in [0.717, 1.165) is 22.3 Å². The van der Waals surface area contributed by atoms with Crippen LogP contribution in [0.15, 0.2) is 53.3 Å². The number of aromatic nitrogens is 1. The van der Waals surface area contributed by atoms with Gasteiger partial charge < -0.3 is 14.5 Å². The Morgan fingerprint density at radius 1 is 1.23 bits per heavy atom. The van der Waals surface area contributed by atoms with Gasteiger partial charge in [0, 0.05) is 42.2 Å². The van der Waals surface area contributed by atoms with Gasteiger partial charge in [0.1, 0.15) is 5.60 Å². The molecular formula is C20H24BrN3O2. The summed E-state index contributed by atoms with van der Waals surface area (Å²) in [7, 11) is 0. The largest absolute Gasteiger partial charge is 0.444 e. The molecule has 2 heterocycles. The highest BCUT2D eigenvalue weighted by Gasteiger charge is 2.33. The molecular weight excluding hydrogens is 394 g/mol. The van der Waals surface area contributed by atoms with Crippen LogP contribution in [0.2, 0.25) is 0 Å². The molecule has 26 heavy (non-hydrogen) atoms. The average Bonchev–Trinajstić information content (AvgIpc) is 2.60. The van der Waals surface area contributed by atoms with Crippen molar-refractivity contribution >= 4 is 27.7 Å². The highest BCUT2D eigenvalue weighted by atomic mass is 79.9. The molecule has 3 rings (SSSR count). The first kappa shape index (κ1) is 18.7. The molecule has 2 aromatic rings. The van der Waals surface area contributed by atoms with Gasteiger partial charge in [-0.3, -0.25) is 4.98 Å². The summed E-state index contributed by atoms with van der Waals surface area (Å²) < 4.78 is 6.60. The SMILES string of the molecule is CC(C)(C)OC(=O)N1CCN(c2cccc(Br)c2)C(c2cccnc2)C1. The van der Waals surface area contributed by atoms with Crippen LogP contribution in [-0.2, 0) is 4.74 Å². The second-order valence-electron chi connectivity index (χ2n) is 7.40. The van der Waals surface area contributed by atoms with Crippen LogP contribution in [0.5, 0.6) is 0 Å². The van der Waals surface area contributed by atoms with Gasteiger partial charge in [0.15, 0.2) is 0 Å². The molecule has 1 fully saturated rings. The van der Waals surface area contributed by atoms with Crippen molar-refractivity contribution in [2.45, 2.75) is 32.4 Å². The maximum Gasteiger partial charge on any atom is 0.410 e. The first-order chi connectivity index (χ1) is 12.3. The van der Waals surface area contributed by atoms with E-state index in [9.17, 15) is 4.79 Å². The van der Waals surface area contributed by atoms with Crippen molar-refractivity contribution in [3.63, 3.8) is 0 Å². The zero-order valence-corrected chi connectivity index (χ0v) is 16.9. The van der Waals surface area contributed by atoms with Crippen LogP contribution < -0.4 is 4.90 Å². The number of rotatable bonds is 2. The molecule has 0 saturated carbocycles. The van der Waals surface area contributed by atoms with E-state index in [4.69, 9.17) is 4.74 Å². The molecule has 0 N–H and O–H groups in total. The van der Waals surface area contributed by atoms with Crippen molar-refractivity contribution in [3.8, 4) is 0 Å². The summed E-state index contributed by atoms with van der Waals surface area (Å²) in [4.78, 5) is 20.9. The van der Waals surface area contributed by atoms with Crippen molar-refractivity contribution in [1.82, 2.24) is 9.88 Å². The second kappa shape index (κ2) is 7.66. The molecule has 1 aromatic heterocycles. The third kappa shape index (κ3) is 4.55.